The molecule has 3 heteroatoms. The highest BCUT2D eigenvalue weighted by Gasteiger charge is 2.51. The summed E-state index contributed by atoms with van der Waals surface area (Å²) >= 11 is 0. The maximum atomic E-state index is 13.5. The normalized spacial score (nSPS) is 16.9. The molecule has 0 saturated carbocycles. The van der Waals surface area contributed by atoms with Crippen molar-refractivity contribution in [3.8, 4) is 5.75 Å². The molecule has 28 heavy (non-hydrogen) atoms. The zero-order valence-corrected chi connectivity index (χ0v) is 19.6. The summed E-state index contributed by atoms with van der Waals surface area (Å²) in [7, 11) is 0. The van der Waals surface area contributed by atoms with Crippen LogP contribution in [0.4, 0.5) is 0 Å². The number of hydrogen-bond acceptors (Lipinski definition) is 3. The van der Waals surface area contributed by atoms with E-state index in [-0.39, 0.29) is 16.8 Å². The van der Waals surface area contributed by atoms with Gasteiger partial charge in [0.15, 0.2) is 0 Å². The first kappa shape index (κ1) is 24.7. The van der Waals surface area contributed by atoms with Gasteiger partial charge in [-0.2, -0.15) is 0 Å². The molecule has 0 radical (unpaired) electrons. The van der Waals surface area contributed by atoms with Crippen molar-refractivity contribution in [2.45, 2.75) is 100 Å². The number of rotatable bonds is 8. The fourth-order valence-electron chi connectivity index (χ4n) is 4.26. The van der Waals surface area contributed by atoms with Crippen LogP contribution in [0.25, 0.3) is 0 Å². The van der Waals surface area contributed by atoms with Crippen LogP contribution in [-0.2, 0) is 10.4 Å². The van der Waals surface area contributed by atoms with E-state index in [2.05, 4.69) is 55.4 Å². The molecular formula is C25H42O3. The summed E-state index contributed by atoms with van der Waals surface area (Å²) in [5, 5.41) is 10.6. The SMILES string of the molecule is CCCC(C)(O)c1ccc(OC(=O)C(CCC)(CC(C)(C)C)C(C)(C)C)cc1. The van der Waals surface area contributed by atoms with Crippen molar-refractivity contribution in [2.24, 2.45) is 16.2 Å². The first-order chi connectivity index (χ1) is 12.7. The minimum Gasteiger partial charge on any atom is -0.426 e. The third-order valence-corrected chi connectivity index (χ3v) is 5.76. The molecule has 1 aromatic rings. The summed E-state index contributed by atoms with van der Waals surface area (Å²) in [5.74, 6) is 0.393. The fraction of sp³-hybridized carbons (Fsp3) is 0.720. The molecule has 0 aliphatic carbocycles. The second kappa shape index (κ2) is 8.98. The second-order valence-corrected chi connectivity index (χ2v) is 10.8. The van der Waals surface area contributed by atoms with Gasteiger partial charge in [-0.3, -0.25) is 4.79 Å². The Morgan fingerprint density at radius 2 is 1.39 bits per heavy atom. The molecule has 1 N–H and O–H groups in total. The molecule has 0 aromatic heterocycles. The van der Waals surface area contributed by atoms with E-state index >= 15 is 0 Å². The molecule has 1 aromatic carbocycles. The van der Waals surface area contributed by atoms with E-state index in [0.29, 0.717) is 12.2 Å². The molecule has 2 atom stereocenters. The van der Waals surface area contributed by atoms with Gasteiger partial charge in [-0.05, 0) is 54.7 Å². The molecular weight excluding hydrogens is 348 g/mol. The summed E-state index contributed by atoms with van der Waals surface area (Å²) in [5.41, 5.74) is -0.755. The molecule has 0 aliphatic rings. The van der Waals surface area contributed by atoms with E-state index in [0.717, 1.165) is 31.2 Å². The van der Waals surface area contributed by atoms with E-state index in [9.17, 15) is 9.90 Å². The predicted molar refractivity (Wildman–Crippen MR) is 117 cm³/mol. The van der Waals surface area contributed by atoms with Crippen molar-refractivity contribution in [2.75, 3.05) is 0 Å². The molecule has 0 amide bonds. The Labute approximate surface area is 172 Å². The molecule has 0 saturated heterocycles. The van der Waals surface area contributed by atoms with Crippen molar-refractivity contribution in [1.29, 1.82) is 0 Å². The van der Waals surface area contributed by atoms with Crippen LogP contribution in [0.2, 0.25) is 0 Å². The predicted octanol–water partition coefficient (Wildman–Crippen LogP) is 6.87. The lowest BCUT2D eigenvalue weighted by atomic mass is 9.58. The first-order valence-electron chi connectivity index (χ1n) is 10.7. The number of aliphatic hydroxyl groups is 1. The largest absolute Gasteiger partial charge is 0.426 e. The van der Waals surface area contributed by atoms with Crippen LogP contribution >= 0.6 is 0 Å². The molecule has 0 spiro atoms. The topological polar surface area (TPSA) is 46.5 Å². The Bertz CT molecular complexity index is 629. The molecule has 1 rings (SSSR count). The molecule has 0 heterocycles. The van der Waals surface area contributed by atoms with Gasteiger partial charge in [0.05, 0.1) is 11.0 Å². The number of esters is 1. The van der Waals surface area contributed by atoms with Gasteiger partial charge in [0.1, 0.15) is 5.75 Å². The van der Waals surface area contributed by atoms with Crippen LogP contribution in [0.1, 0.15) is 100.0 Å². The lowest BCUT2D eigenvalue weighted by Crippen LogP contribution is -2.47. The summed E-state index contributed by atoms with van der Waals surface area (Å²) < 4.78 is 5.91. The average Bonchev–Trinajstić information content (AvgIpc) is 2.52. The van der Waals surface area contributed by atoms with Crippen LogP contribution in [0.5, 0.6) is 5.75 Å². The van der Waals surface area contributed by atoms with Crippen molar-refractivity contribution in [3.63, 3.8) is 0 Å². The third kappa shape index (κ3) is 6.07. The zero-order valence-electron chi connectivity index (χ0n) is 19.6. The average molecular weight is 391 g/mol. The Morgan fingerprint density at radius 3 is 1.79 bits per heavy atom. The molecule has 3 nitrogen and oxygen atoms in total. The number of carbonyl (C=O) groups excluding carboxylic acids is 1. The maximum absolute atomic E-state index is 13.5. The molecule has 0 bridgehead atoms. The van der Waals surface area contributed by atoms with Crippen LogP contribution in [0.15, 0.2) is 24.3 Å². The molecule has 0 fully saturated rings. The van der Waals surface area contributed by atoms with Crippen molar-refractivity contribution >= 4 is 5.97 Å². The molecule has 0 aliphatic heterocycles. The summed E-state index contributed by atoms with van der Waals surface area (Å²) in [6.07, 6.45) is 4.11. The van der Waals surface area contributed by atoms with Gasteiger partial charge in [0, 0.05) is 0 Å². The van der Waals surface area contributed by atoms with Gasteiger partial charge >= 0.3 is 5.97 Å². The highest BCUT2D eigenvalue weighted by molar-refractivity contribution is 5.80. The number of ether oxygens (including phenoxy) is 1. The van der Waals surface area contributed by atoms with E-state index in [1.54, 1.807) is 12.1 Å². The van der Waals surface area contributed by atoms with E-state index in [1.807, 2.05) is 19.1 Å². The van der Waals surface area contributed by atoms with Gasteiger partial charge in [0.25, 0.3) is 0 Å². The standard InChI is InChI=1S/C25H42O3/c1-10-16-24(9,27)19-12-14-20(15-13-19)28-21(26)25(17-11-2,23(6,7)8)18-22(3,4)5/h12-15,27H,10-11,16-18H2,1-9H3. The summed E-state index contributed by atoms with van der Waals surface area (Å²) in [6, 6.07) is 7.32. The Hall–Kier alpha value is -1.35. The second-order valence-electron chi connectivity index (χ2n) is 10.8. The van der Waals surface area contributed by atoms with E-state index < -0.39 is 11.0 Å². The third-order valence-electron chi connectivity index (χ3n) is 5.76. The smallest absolute Gasteiger partial charge is 0.318 e. The van der Waals surface area contributed by atoms with Crippen LogP contribution in [-0.4, -0.2) is 11.1 Å². The van der Waals surface area contributed by atoms with Crippen molar-refractivity contribution in [3.05, 3.63) is 29.8 Å². The van der Waals surface area contributed by atoms with Crippen molar-refractivity contribution in [1.82, 2.24) is 0 Å². The fourth-order valence-corrected chi connectivity index (χ4v) is 4.26. The lowest BCUT2D eigenvalue weighted by Gasteiger charge is -2.46. The summed E-state index contributed by atoms with van der Waals surface area (Å²) in [4.78, 5) is 13.5. The number of benzene rings is 1. The number of hydrogen-bond donors (Lipinski definition) is 1. The van der Waals surface area contributed by atoms with Crippen LogP contribution in [0, 0.1) is 16.2 Å². The van der Waals surface area contributed by atoms with E-state index in [4.69, 9.17) is 4.74 Å². The minimum atomic E-state index is -0.860. The van der Waals surface area contributed by atoms with Gasteiger partial charge < -0.3 is 9.84 Å². The van der Waals surface area contributed by atoms with Crippen molar-refractivity contribution < 1.29 is 14.6 Å². The first-order valence-corrected chi connectivity index (χ1v) is 10.7. The Balaban J connectivity index is 3.18. The van der Waals surface area contributed by atoms with Gasteiger partial charge in [0.2, 0.25) is 0 Å². The minimum absolute atomic E-state index is 0.0180. The molecule has 160 valence electrons. The van der Waals surface area contributed by atoms with Gasteiger partial charge in [-0.15, -0.1) is 0 Å². The monoisotopic (exact) mass is 390 g/mol. The zero-order chi connectivity index (χ0) is 21.8. The van der Waals surface area contributed by atoms with E-state index in [1.165, 1.54) is 0 Å². The lowest BCUT2D eigenvalue weighted by molar-refractivity contribution is -0.157. The molecule has 2 unspecified atom stereocenters. The quantitative estimate of drug-likeness (QED) is 0.389. The highest BCUT2D eigenvalue weighted by atomic mass is 16.5. The number of carbonyl (C=O) groups is 1. The summed E-state index contributed by atoms with van der Waals surface area (Å²) in [6.45, 7) is 19.0. The van der Waals surface area contributed by atoms with Gasteiger partial charge in [-0.1, -0.05) is 80.4 Å². The van der Waals surface area contributed by atoms with Crippen LogP contribution < -0.4 is 4.74 Å². The Morgan fingerprint density at radius 1 is 0.893 bits per heavy atom. The van der Waals surface area contributed by atoms with Gasteiger partial charge in [-0.25, -0.2) is 0 Å². The Kier molecular flexibility index (Phi) is 7.92. The highest BCUT2D eigenvalue weighted by Crippen LogP contribution is 2.51. The maximum Gasteiger partial charge on any atom is 0.318 e. The van der Waals surface area contributed by atoms with Crippen LogP contribution in [0.3, 0.4) is 0 Å².